The van der Waals surface area contributed by atoms with Crippen LogP contribution in [-0.4, -0.2) is 69.3 Å². The van der Waals surface area contributed by atoms with E-state index in [1.54, 1.807) is 0 Å². The molecule has 0 radical (unpaired) electrons. The standard InChI is InChI=1S/C42H69N5O5/c1-24(2)27(7)37(8)17-18-39(10)28-13-14-31-38(9)20-51-22-42(31,29(28)15-16-40(39,11)32(37)36(49)50)19-30(33(38)52-21-41(12,43)25(3)4)47-34(44-23-45-47)35(48)46-26(5)6/h15,23-28,30-33H,13-14,16-22,43H2,1-12H3,(H,46,48)(H,49,50)/t27-,28+,30-,31+,32-,33+,37-,38+,39-,40+,41-,42?/m1/s1. The number of nitrogens with two attached hydrogens (primary N) is 1. The Morgan fingerprint density at radius 2 is 1.77 bits per heavy atom. The van der Waals surface area contributed by atoms with Crippen LogP contribution in [0.15, 0.2) is 18.0 Å². The van der Waals surface area contributed by atoms with Crippen LogP contribution in [0.1, 0.15) is 138 Å². The van der Waals surface area contributed by atoms with Gasteiger partial charge in [-0.05, 0) is 105 Å². The Bertz CT molecular complexity index is 1570. The van der Waals surface area contributed by atoms with Crippen molar-refractivity contribution in [2.75, 3.05) is 19.8 Å². The summed E-state index contributed by atoms with van der Waals surface area (Å²) in [5.41, 5.74) is 6.15. The van der Waals surface area contributed by atoms with Crippen LogP contribution in [0.4, 0.5) is 0 Å². The molecule has 2 heterocycles. The fraction of sp³-hybridized carbons (Fsp3) is 0.857. The van der Waals surface area contributed by atoms with Crippen LogP contribution in [-0.2, 0) is 14.3 Å². The maximum Gasteiger partial charge on any atom is 0.307 e. The van der Waals surface area contributed by atoms with Crippen LogP contribution in [0.2, 0.25) is 0 Å². The molecule has 1 saturated heterocycles. The van der Waals surface area contributed by atoms with E-state index in [2.05, 4.69) is 78.7 Å². The highest BCUT2D eigenvalue weighted by atomic mass is 16.5. The maximum absolute atomic E-state index is 13.6. The van der Waals surface area contributed by atoms with E-state index in [0.717, 1.165) is 32.1 Å². The van der Waals surface area contributed by atoms with E-state index in [-0.39, 0.29) is 69.4 Å². The van der Waals surface area contributed by atoms with Crippen LogP contribution in [0.5, 0.6) is 0 Å². The molecule has 4 fully saturated rings. The van der Waals surface area contributed by atoms with Gasteiger partial charge in [0.2, 0.25) is 5.82 Å². The molecule has 4 N–H and O–H groups in total. The first kappa shape index (κ1) is 39.4. The van der Waals surface area contributed by atoms with Crippen molar-refractivity contribution in [3.63, 3.8) is 0 Å². The van der Waals surface area contributed by atoms with Crippen LogP contribution in [0.3, 0.4) is 0 Å². The Kier molecular flexibility index (Phi) is 9.98. The van der Waals surface area contributed by atoms with E-state index in [4.69, 9.17) is 20.3 Å². The predicted molar refractivity (Wildman–Crippen MR) is 202 cm³/mol. The van der Waals surface area contributed by atoms with E-state index in [1.807, 2.05) is 25.5 Å². The molecule has 2 bridgehead atoms. The lowest BCUT2D eigenvalue weighted by atomic mass is 9.34. The number of carbonyl (C=O) groups is 2. The normalized spacial score (nSPS) is 41.8. The van der Waals surface area contributed by atoms with E-state index in [9.17, 15) is 14.7 Å². The molecule has 0 spiro atoms. The molecule has 1 aromatic heterocycles. The van der Waals surface area contributed by atoms with Crippen molar-refractivity contribution in [1.29, 1.82) is 0 Å². The van der Waals surface area contributed by atoms with Gasteiger partial charge in [-0.1, -0.05) is 74.0 Å². The number of aliphatic carboxylic acids is 1. The third kappa shape index (κ3) is 5.65. The summed E-state index contributed by atoms with van der Waals surface area (Å²) in [6.45, 7) is 27.8. The quantitative estimate of drug-likeness (QED) is 0.214. The summed E-state index contributed by atoms with van der Waals surface area (Å²) in [5.74, 6) is 0.370. The van der Waals surface area contributed by atoms with Crippen molar-refractivity contribution >= 4 is 11.9 Å². The van der Waals surface area contributed by atoms with Crippen LogP contribution in [0.25, 0.3) is 0 Å². The van der Waals surface area contributed by atoms with Gasteiger partial charge >= 0.3 is 5.97 Å². The first-order chi connectivity index (χ1) is 24.1. The zero-order chi connectivity index (χ0) is 38.4. The third-order valence-electron chi connectivity index (χ3n) is 16.5. The molecule has 1 amide bonds. The monoisotopic (exact) mass is 724 g/mol. The number of nitrogens with zero attached hydrogens (tertiary/aromatic N) is 3. The van der Waals surface area contributed by atoms with Crippen LogP contribution < -0.4 is 11.1 Å². The smallest absolute Gasteiger partial charge is 0.307 e. The Morgan fingerprint density at radius 3 is 2.38 bits per heavy atom. The minimum Gasteiger partial charge on any atom is -0.481 e. The van der Waals surface area contributed by atoms with Gasteiger partial charge in [0.15, 0.2) is 0 Å². The molecular weight excluding hydrogens is 654 g/mol. The second kappa shape index (κ2) is 13.2. The summed E-state index contributed by atoms with van der Waals surface area (Å²) < 4.78 is 15.6. The topological polar surface area (TPSA) is 142 Å². The van der Waals surface area contributed by atoms with Gasteiger partial charge in [0.25, 0.3) is 5.91 Å². The zero-order valence-corrected chi connectivity index (χ0v) is 34.2. The van der Waals surface area contributed by atoms with Crippen molar-refractivity contribution in [1.82, 2.24) is 20.1 Å². The second-order valence-corrected chi connectivity index (χ2v) is 20.2. The highest BCUT2D eigenvalue weighted by Gasteiger charge is 2.72. The van der Waals surface area contributed by atoms with E-state index >= 15 is 0 Å². The van der Waals surface area contributed by atoms with E-state index in [0.29, 0.717) is 38.0 Å². The first-order valence-corrected chi connectivity index (χ1v) is 20.2. The largest absolute Gasteiger partial charge is 0.481 e. The molecule has 1 unspecified atom stereocenters. The van der Waals surface area contributed by atoms with Gasteiger partial charge in [-0.3, -0.25) is 9.59 Å². The van der Waals surface area contributed by atoms with Gasteiger partial charge in [0, 0.05) is 22.4 Å². The number of amides is 1. The Morgan fingerprint density at radius 1 is 1.08 bits per heavy atom. The number of hydrogen-bond donors (Lipinski definition) is 3. The molecule has 3 saturated carbocycles. The molecule has 292 valence electrons. The SMILES string of the molecule is CC(C)NC(=O)c1ncnn1[C@@H]1CC23COC[C@@](C)([C@@H]2CC[C@H]2C3=CC[C@@]3(C)[C@H](C(=O)O)[C@@](C)([C@H](C)C(C)C)CC[C@]23C)[C@H]1OC[C@@](C)(N)C(C)C. The number of rotatable bonds is 10. The number of carboxylic acids is 1. The van der Waals surface area contributed by atoms with Gasteiger partial charge in [0.05, 0.1) is 37.9 Å². The predicted octanol–water partition coefficient (Wildman–Crippen LogP) is 7.30. The number of carbonyl (C=O) groups excluding carboxylic acids is 1. The van der Waals surface area contributed by atoms with Crippen LogP contribution in [0, 0.1) is 62.6 Å². The summed E-state index contributed by atoms with van der Waals surface area (Å²) in [5, 5.41) is 18.9. The van der Waals surface area contributed by atoms with Crippen molar-refractivity contribution in [3.8, 4) is 0 Å². The van der Waals surface area contributed by atoms with E-state index in [1.165, 1.54) is 11.9 Å². The molecule has 12 atom stereocenters. The summed E-state index contributed by atoms with van der Waals surface area (Å²) in [7, 11) is 0. The molecule has 1 aliphatic heterocycles. The fourth-order valence-electron chi connectivity index (χ4n) is 12.5. The number of hydrogen-bond acceptors (Lipinski definition) is 7. The Hall–Kier alpha value is -2.30. The van der Waals surface area contributed by atoms with Crippen molar-refractivity contribution in [3.05, 3.63) is 23.8 Å². The number of allylic oxidation sites excluding steroid dienone is 1. The molecule has 5 aliphatic rings. The van der Waals surface area contributed by atoms with Crippen molar-refractivity contribution < 1.29 is 24.2 Å². The van der Waals surface area contributed by atoms with Crippen molar-refractivity contribution in [2.45, 2.75) is 145 Å². The highest BCUT2D eigenvalue weighted by Crippen LogP contribution is 2.75. The zero-order valence-electron chi connectivity index (χ0n) is 34.2. The van der Waals surface area contributed by atoms with Crippen LogP contribution >= 0.6 is 0 Å². The summed E-state index contributed by atoms with van der Waals surface area (Å²) in [6.07, 6.45) is 9.02. The second-order valence-electron chi connectivity index (χ2n) is 20.2. The minimum absolute atomic E-state index is 0.0506. The molecule has 0 aromatic carbocycles. The lowest BCUT2D eigenvalue weighted by Gasteiger charge is -2.71. The van der Waals surface area contributed by atoms with E-state index < -0.39 is 22.8 Å². The number of nitrogens with one attached hydrogen (secondary N) is 1. The lowest BCUT2D eigenvalue weighted by Crippen LogP contribution is -2.69. The summed E-state index contributed by atoms with van der Waals surface area (Å²) >= 11 is 0. The fourth-order valence-corrected chi connectivity index (χ4v) is 12.5. The molecule has 6 rings (SSSR count). The lowest BCUT2D eigenvalue weighted by molar-refractivity contribution is -0.252. The maximum atomic E-state index is 13.6. The average molecular weight is 724 g/mol. The highest BCUT2D eigenvalue weighted by molar-refractivity contribution is 5.90. The molecule has 10 heteroatoms. The third-order valence-corrected chi connectivity index (χ3v) is 16.5. The van der Waals surface area contributed by atoms with Gasteiger partial charge in [-0.2, -0.15) is 5.10 Å². The first-order valence-electron chi connectivity index (χ1n) is 20.2. The molecule has 52 heavy (non-hydrogen) atoms. The van der Waals surface area contributed by atoms with Crippen molar-refractivity contribution in [2.24, 2.45) is 68.3 Å². The van der Waals surface area contributed by atoms with Gasteiger partial charge in [-0.15, -0.1) is 0 Å². The van der Waals surface area contributed by atoms with Gasteiger partial charge in [0.1, 0.15) is 6.33 Å². The number of fused-ring (bicyclic) bond motifs is 3. The Balaban J connectivity index is 1.47. The summed E-state index contributed by atoms with van der Waals surface area (Å²) in [4.78, 5) is 31.7. The van der Waals surface area contributed by atoms with Gasteiger partial charge < -0.3 is 25.6 Å². The number of aromatic nitrogens is 3. The number of carboxylic acid groups (broad SMARTS) is 1. The molecule has 1 aromatic rings. The minimum atomic E-state index is -0.648. The molecular formula is C42H69N5O5. The summed E-state index contributed by atoms with van der Waals surface area (Å²) in [6, 6.07) is -0.331. The average Bonchev–Trinajstić information content (AvgIpc) is 3.54. The van der Waals surface area contributed by atoms with Gasteiger partial charge in [-0.25, -0.2) is 9.67 Å². The molecule has 4 aliphatic carbocycles. The number of ether oxygens (including phenoxy) is 2. The molecule has 10 nitrogen and oxygen atoms in total. The Labute approximate surface area is 312 Å².